The number of hydrogen-bond acceptors (Lipinski definition) is 2. The first kappa shape index (κ1) is 13.8. The predicted octanol–water partition coefficient (Wildman–Crippen LogP) is 4.61. The summed E-state index contributed by atoms with van der Waals surface area (Å²) in [6.07, 6.45) is 8.31. The zero-order valence-electron chi connectivity index (χ0n) is 13.0. The van der Waals surface area contributed by atoms with Crippen molar-refractivity contribution in [2.45, 2.75) is 38.5 Å². The Labute approximate surface area is 131 Å². The van der Waals surface area contributed by atoms with Crippen LogP contribution >= 0.6 is 0 Å². The second-order valence-electron chi connectivity index (χ2n) is 7.33. The second-order valence-corrected chi connectivity index (χ2v) is 7.33. The van der Waals surface area contributed by atoms with Gasteiger partial charge in [0.1, 0.15) is 5.75 Å². The molecule has 0 bridgehead atoms. The van der Waals surface area contributed by atoms with Gasteiger partial charge in [-0.1, -0.05) is 31.7 Å². The van der Waals surface area contributed by atoms with Crippen molar-refractivity contribution >= 4 is 5.78 Å². The van der Waals surface area contributed by atoms with Crippen molar-refractivity contribution in [2.24, 2.45) is 17.3 Å². The van der Waals surface area contributed by atoms with E-state index in [2.05, 4.69) is 19.6 Å². The number of carbonyl (C=O) groups excluding carboxylic acids is 1. The smallest absolute Gasteiger partial charge is 0.163 e. The van der Waals surface area contributed by atoms with E-state index in [4.69, 9.17) is 0 Å². The number of carbonyl (C=O) groups is 1. The van der Waals surface area contributed by atoms with E-state index in [1.54, 1.807) is 12.1 Å². The molecule has 0 heterocycles. The lowest BCUT2D eigenvalue weighted by Gasteiger charge is -2.49. The summed E-state index contributed by atoms with van der Waals surface area (Å²) in [5, 5.41) is 9.69. The molecule has 0 aromatic heterocycles. The molecule has 0 radical (unpaired) electrons. The van der Waals surface area contributed by atoms with E-state index in [0.717, 1.165) is 30.4 Å². The molecule has 1 N–H and O–H groups in total. The summed E-state index contributed by atoms with van der Waals surface area (Å²) in [4.78, 5) is 12.6. The SMILES string of the molecule is C=CC1=CCC2C3CC(=O)c4cc(O)ccc4C3CC[C@]12C. The maximum atomic E-state index is 12.6. The Morgan fingerprint density at radius 2 is 2.23 bits per heavy atom. The molecule has 4 atom stereocenters. The molecule has 4 rings (SSSR count). The van der Waals surface area contributed by atoms with E-state index < -0.39 is 0 Å². The molecule has 2 heteroatoms. The molecule has 0 spiro atoms. The highest BCUT2D eigenvalue weighted by Gasteiger charge is 2.52. The number of allylic oxidation sites excluding steroid dienone is 3. The molecular weight excluding hydrogens is 272 g/mol. The Hall–Kier alpha value is -1.83. The Kier molecular flexibility index (Phi) is 2.87. The largest absolute Gasteiger partial charge is 0.508 e. The zero-order chi connectivity index (χ0) is 15.5. The van der Waals surface area contributed by atoms with Crippen molar-refractivity contribution in [3.63, 3.8) is 0 Å². The van der Waals surface area contributed by atoms with Crippen molar-refractivity contribution in [2.75, 3.05) is 0 Å². The van der Waals surface area contributed by atoms with Gasteiger partial charge in [-0.15, -0.1) is 0 Å². The summed E-state index contributed by atoms with van der Waals surface area (Å²) < 4.78 is 0. The number of Topliss-reactive ketones (excluding diaryl/α,β-unsaturated/α-hetero) is 1. The molecule has 0 amide bonds. The van der Waals surface area contributed by atoms with Gasteiger partial charge < -0.3 is 5.11 Å². The van der Waals surface area contributed by atoms with E-state index in [1.165, 1.54) is 5.57 Å². The number of aromatic hydroxyl groups is 1. The third kappa shape index (κ3) is 1.70. The second kappa shape index (κ2) is 4.58. The van der Waals surface area contributed by atoms with Gasteiger partial charge in [-0.3, -0.25) is 4.79 Å². The number of phenols is 1. The molecular formula is C20H22O2. The number of ketones is 1. The molecule has 114 valence electrons. The molecule has 3 aliphatic rings. The van der Waals surface area contributed by atoms with Gasteiger partial charge in [-0.25, -0.2) is 0 Å². The van der Waals surface area contributed by atoms with Crippen LogP contribution < -0.4 is 0 Å². The van der Waals surface area contributed by atoms with E-state index in [0.29, 0.717) is 24.2 Å². The summed E-state index contributed by atoms with van der Waals surface area (Å²) in [6, 6.07) is 5.35. The summed E-state index contributed by atoms with van der Waals surface area (Å²) in [7, 11) is 0. The maximum Gasteiger partial charge on any atom is 0.163 e. The third-order valence-corrected chi connectivity index (χ3v) is 6.46. The minimum atomic E-state index is 0.192. The van der Waals surface area contributed by atoms with Gasteiger partial charge in [0, 0.05) is 12.0 Å². The first-order valence-corrected chi connectivity index (χ1v) is 8.24. The Morgan fingerprint density at radius 1 is 1.41 bits per heavy atom. The lowest BCUT2D eigenvalue weighted by Crippen LogP contribution is -2.42. The van der Waals surface area contributed by atoms with Crippen LogP contribution in [0.3, 0.4) is 0 Å². The van der Waals surface area contributed by atoms with Gasteiger partial charge in [-0.05, 0) is 65.7 Å². The molecule has 1 fully saturated rings. The van der Waals surface area contributed by atoms with Gasteiger partial charge in [-0.2, -0.15) is 0 Å². The summed E-state index contributed by atoms with van der Waals surface area (Å²) >= 11 is 0. The van der Waals surface area contributed by atoms with Crippen molar-refractivity contribution in [3.05, 3.63) is 53.6 Å². The zero-order valence-corrected chi connectivity index (χ0v) is 13.0. The van der Waals surface area contributed by atoms with Crippen LogP contribution in [0.4, 0.5) is 0 Å². The van der Waals surface area contributed by atoms with Crippen LogP contribution in [-0.4, -0.2) is 10.9 Å². The number of phenolic OH excluding ortho intramolecular Hbond substituents is 1. The van der Waals surface area contributed by atoms with Crippen LogP contribution in [0.2, 0.25) is 0 Å². The summed E-state index contributed by atoms with van der Waals surface area (Å²) in [6.45, 7) is 6.33. The van der Waals surface area contributed by atoms with Crippen LogP contribution in [-0.2, 0) is 0 Å². The summed E-state index contributed by atoms with van der Waals surface area (Å²) in [5.74, 6) is 1.83. The van der Waals surface area contributed by atoms with Crippen LogP contribution in [0.25, 0.3) is 0 Å². The minimum absolute atomic E-state index is 0.192. The molecule has 1 aromatic carbocycles. The molecule has 3 unspecified atom stereocenters. The highest BCUT2D eigenvalue weighted by Crippen LogP contribution is 2.61. The Morgan fingerprint density at radius 3 is 3.00 bits per heavy atom. The lowest BCUT2D eigenvalue weighted by molar-refractivity contribution is 0.0633. The van der Waals surface area contributed by atoms with Crippen molar-refractivity contribution < 1.29 is 9.90 Å². The number of benzene rings is 1. The lowest BCUT2D eigenvalue weighted by atomic mass is 9.54. The van der Waals surface area contributed by atoms with Gasteiger partial charge in [0.05, 0.1) is 0 Å². The quantitative estimate of drug-likeness (QED) is 0.821. The number of hydrogen-bond donors (Lipinski definition) is 1. The van der Waals surface area contributed by atoms with Gasteiger partial charge in [0.25, 0.3) is 0 Å². The van der Waals surface area contributed by atoms with Crippen molar-refractivity contribution in [1.29, 1.82) is 0 Å². The van der Waals surface area contributed by atoms with E-state index in [1.807, 2.05) is 12.1 Å². The fraction of sp³-hybridized carbons (Fsp3) is 0.450. The van der Waals surface area contributed by atoms with Crippen LogP contribution in [0, 0.1) is 17.3 Å². The highest BCUT2D eigenvalue weighted by molar-refractivity contribution is 5.99. The molecule has 22 heavy (non-hydrogen) atoms. The predicted molar refractivity (Wildman–Crippen MR) is 87.0 cm³/mol. The molecule has 1 saturated carbocycles. The topological polar surface area (TPSA) is 37.3 Å². The molecule has 1 aromatic rings. The van der Waals surface area contributed by atoms with Gasteiger partial charge in [0.2, 0.25) is 0 Å². The van der Waals surface area contributed by atoms with Crippen LogP contribution in [0.1, 0.15) is 54.4 Å². The fourth-order valence-corrected chi connectivity index (χ4v) is 5.31. The molecule has 0 saturated heterocycles. The Bertz CT molecular complexity index is 700. The van der Waals surface area contributed by atoms with E-state index >= 15 is 0 Å². The summed E-state index contributed by atoms with van der Waals surface area (Å²) in [5.41, 5.74) is 3.48. The normalized spacial score (nSPS) is 36.1. The average molecular weight is 294 g/mol. The first-order chi connectivity index (χ1) is 10.5. The maximum absolute atomic E-state index is 12.6. The fourth-order valence-electron chi connectivity index (χ4n) is 5.31. The van der Waals surface area contributed by atoms with E-state index in [-0.39, 0.29) is 16.9 Å². The first-order valence-electron chi connectivity index (χ1n) is 8.24. The molecule has 0 aliphatic heterocycles. The Balaban J connectivity index is 1.76. The van der Waals surface area contributed by atoms with Gasteiger partial charge in [0.15, 0.2) is 5.78 Å². The van der Waals surface area contributed by atoms with Crippen molar-refractivity contribution in [1.82, 2.24) is 0 Å². The number of fused-ring (bicyclic) bond motifs is 5. The van der Waals surface area contributed by atoms with Gasteiger partial charge >= 0.3 is 0 Å². The highest BCUT2D eigenvalue weighted by atomic mass is 16.3. The van der Waals surface area contributed by atoms with Crippen molar-refractivity contribution in [3.8, 4) is 5.75 Å². The number of rotatable bonds is 1. The van der Waals surface area contributed by atoms with E-state index in [9.17, 15) is 9.90 Å². The standard InChI is InChI=1S/C20H22O2/c1-3-12-4-7-18-16-11-19(22)17-10-13(21)5-6-14(17)15(16)8-9-20(12,18)2/h3-6,10,15-16,18,21H,1,7-9,11H2,2H3/t15?,16?,18?,20-/m1/s1. The molecule has 3 aliphatic carbocycles. The monoisotopic (exact) mass is 294 g/mol. The minimum Gasteiger partial charge on any atom is -0.508 e. The van der Waals surface area contributed by atoms with Crippen LogP contribution in [0.5, 0.6) is 5.75 Å². The third-order valence-electron chi connectivity index (χ3n) is 6.46. The van der Waals surface area contributed by atoms with Crippen LogP contribution in [0.15, 0.2) is 42.5 Å². The molecule has 2 nitrogen and oxygen atoms in total. The average Bonchev–Trinajstić information content (AvgIpc) is 2.84.